The summed E-state index contributed by atoms with van der Waals surface area (Å²) in [6.07, 6.45) is 10.3. The van der Waals surface area contributed by atoms with E-state index in [4.69, 9.17) is 0 Å². The van der Waals surface area contributed by atoms with Gasteiger partial charge in [-0.2, -0.15) is 0 Å². The van der Waals surface area contributed by atoms with Crippen LogP contribution in [0.25, 0.3) is 0 Å². The van der Waals surface area contributed by atoms with Crippen molar-refractivity contribution in [2.75, 3.05) is 0 Å². The van der Waals surface area contributed by atoms with Crippen molar-refractivity contribution in [2.45, 2.75) is 78.2 Å². The average molecular weight is 266 g/mol. The molecule has 19 heavy (non-hydrogen) atoms. The summed E-state index contributed by atoms with van der Waals surface area (Å²) < 4.78 is 0. The Labute approximate surface area is 120 Å². The maximum Gasteiger partial charge on any atom is 0.0742 e. The Kier molecular flexibility index (Phi) is 6.59. The minimum absolute atomic E-state index is 0.272. The lowest BCUT2D eigenvalue weighted by Crippen LogP contribution is -2.50. The van der Waals surface area contributed by atoms with Crippen molar-refractivity contribution in [3.63, 3.8) is 0 Å². The minimum atomic E-state index is -0.513. The Morgan fingerprint density at radius 1 is 1.32 bits per heavy atom. The molecule has 0 aliphatic heterocycles. The SMILES string of the molecule is C=C[C@H](CCCCC)[C@]1(O)C[C@H](C)CC[C@H]1C(C)C. The Bertz CT molecular complexity index is 271. The van der Waals surface area contributed by atoms with Gasteiger partial charge in [-0.1, -0.05) is 59.5 Å². The van der Waals surface area contributed by atoms with E-state index in [1.807, 2.05) is 6.08 Å². The second-order valence-corrected chi connectivity index (χ2v) is 7.07. The van der Waals surface area contributed by atoms with Gasteiger partial charge in [-0.05, 0) is 37.0 Å². The van der Waals surface area contributed by atoms with Crippen LogP contribution in [0.3, 0.4) is 0 Å². The molecule has 1 rings (SSSR count). The predicted molar refractivity (Wildman–Crippen MR) is 84.1 cm³/mol. The van der Waals surface area contributed by atoms with E-state index in [0.717, 1.165) is 12.8 Å². The lowest BCUT2D eigenvalue weighted by Gasteiger charge is -2.48. The zero-order valence-corrected chi connectivity index (χ0v) is 13.5. The van der Waals surface area contributed by atoms with Crippen LogP contribution in [0.15, 0.2) is 12.7 Å². The molecule has 1 saturated carbocycles. The molecule has 0 aromatic heterocycles. The van der Waals surface area contributed by atoms with Crippen molar-refractivity contribution in [2.24, 2.45) is 23.7 Å². The van der Waals surface area contributed by atoms with Gasteiger partial charge in [0.05, 0.1) is 5.60 Å². The van der Waals surface area contributed by atoms with E-state index in [0.29, 0.717) is 17.8 Å². The van der Waals surface area contributed by atoms with Gasteiger partial charge in [-0.15, -0.1) is 6.58 Å². The Hall–Kier alpha value is -0.300. The monoisotopic (exact) mass is 266 g/mol. The van der Waals surface area contributed by atoms with Crippen molar-refractivity contribution in [3.8, 4) is 0 Å². The Balaban J connectivity index is 2.82. The van der Waals surface area contributed by atoms with Gasteiger partial charge in [-0.25, -0.2) is 0 Å². The number of rotatable bonds is 7. The van der Waals surface area contributed by atoms with Crippen LogP contribution in [0.5, 0.6) is 0 Å². The standard InChI is InChI=1S/C18H34O/c1-6-8-9-10-16(7-2)18(19)13-15(5)11-12-17(18)14(3)4/h7,14-17,19H,2,6,8-13H2,1,3-5H3/t15-,16-,17+,18-/m1/s1. The van der Waals surface area contributed by atoms with Gasteiger partial charge in [0.1, 0.15) is 0 Å². The first-order valence-corrected chi connectivity index (χ1v) is 8.30. The Morgan fingerprint density at radius 3 is 2.53 bits per heavy atom. The van der Waals surface area contributed by atoms with Crippen LogP contribution < -0.4 is 0 Å². The predicted octanol–water partition coefficient (Wildman–Crippen LogP) is 5.19. The first-order valence-electron chi connectivity index (χ1n) is 8.30. The molecule has 1 N–H and O–H groups in total. The summed E-state index contributed by atoms with van der Waals surface area (Å²) in [5, 5.41) is 11.4. The number of hydrogen-bond acceptors (Lipinski definition) is 1. The molecule has 4 atom stereocenters. The molecule has 0 unspecified atom stereocenters. The van der Waals surface area contributed by atoms with Gasteiger partial charge in [0.15, 0.2) is 0 Å². The average Bonchev–Trinajstić information content (AvgIpc) is 2.33. The normalized spacial score (nSPS) is 33.4. The highest BCUT2D eigenvalue weighted by Gasteiger charge is 2.46. The van der Waals surface area contributed by atoms with Gasteiger partial charge in [0, 0.05) is 5.92 Å². The quantitative estimate of drug-likeness (QED) is 0.496. The van der Waals surface area contributed by atoms with E-state index in [1.165, 1.54) is 32.1 Å². The largest absolute Gasteiger partial charge is 0.389 e. The topological polar surface area (TPSA) is 20.2 Å². The fourth-order valence-electron chi connectivity index (χ4n) is 4.05. The van der Waals surface area contributed by atoms with Crippen LogP contribution in [-0.4, -0.2) is 10.7 Å². The van der Waals surface area contributed by atoms with Crippen molar-refractivity contribution in [3.05, 3.63) is 12.7 Å². The van der Waals surface area contributed by atoms with Gasteiger partial charge in [0.2, 0.25) is 0 Å². The summed E-state index contributed by atoms with van der Waals surface area (Å²) in [4.78, 5) is 0. The fourth-order valence-corrected chi connectivity index (χ4v) is 4.05. The van der Waals surface area contributed by atoms with E-state index in [-0.39, 0.29) is 5.92 Å². The fraction of sp³-hybridized carbons (Fsp3) is 0.889. The molecule has 0 spiro atoms. The molecule has 1 nitrogen and oxygen atoms in total. The molecule has 1 heteroatoms. The highest BCUT2D eigenvalue weighted by Crippen LogP contribution is 2.46. The van der Waals surface area contributed by atoms with Crippen LogP contribution in [0.2, 0.25) is 0 Å². The highest BCUT2D eigenvalue weighted by atomic mass is 16.3. The molecule has 0 heterocycles. The number of unbranched alkanes of at least 4 members (excludes halogenated alkanes) is 2. The third-order valence-electron chi connectivity index (χ3n) is 5.14. The summed E-state index contributed by atoms with van der Waals surface area (Å²) in [6, 6.07) is 0. The number of aliphatic hydroxyl groups is 1. The summed E-state index contributed by atoms with van der Waals surface area (Å²) in [5.41, 5.74) is -0.513. The van der Waals surface area contributed by atoms with Gasteiger partial charge in [0.25, 0.3) is 0 Å². The molecule has 0 saturated heterocycles. The lowest BCUT2D eigenvalue weighted by molar-refractivity contribution is -0.111. The molecule has 0 bridgehead atoms. The van der Waals surface area contributed by atoms with Crippen LogP contribution in [0, 0.1) is 23.7 Å². The zero-order chi connectivity index (χ0) is 14.5. The molecule has 0 amide bonds. The summed E-state index contributed by atoms with van der Waals surface area (Å²) >= 11 is 0. The first kappa shape index (κ1) is 16.8. The van der Waals surface area contributed by atoms with E-state index >= 15 is 0 Å². The third kappa shape index (κ3) is 4.08. The third-order valence-corrected chi connectivity index (χ3v) is 5.14. The van der Waals surface area contributed by atoms with Gasteiger partial charge >= 0.3 is 0 Å². The van der Waals surface area contributed by atoms with Crippen LogP contribution >= 0.6 is 0 Å². The van der Waals surface area contributed by atoms with Crippen molar-refractivity contribution < 1.29 is 5.11 Å². The van der Waals surface area contributed by atoms with Crippen LogP contribution in [0.1, 0.15) is 72.6 Å². The highest BCUT2D eigenvalue weighted by molar-refractivity contribution is 5.03. The van der Waals surface area contributed by atoms with Crippen molar-refractivity contribution in [1.82, 2.24) is 0 Å². The minimum Gasteiger partial charge on any atom is -0.389 e. The lowest BCUT2D eigenvalue weighted by atomic mass is 9.61. The molecule has 0 aromatic carbocycles. The summed E-state index contributed by atoms with van der Waals surface area (Å²) in [5.74, 6) is 1.92. The van der Waals surface area contributed by atoms with E-state index in [1.54, 1.807) is 0 Å². The van der Waals surface area contributed by atoms with Crippen LogP contribution in [0.4, 0.5) is 0 Å². The van der Waals surface area contributed by atoms with E-state index < -0.39 is 5.60 Å². The molecule has 0 radical (unpaired) electrons. The van der Waals surface area contributed by atoms with Crippen molar-refractivity contribution >= 4 is 0 Å². The second-order valence-electron chi connectivity index (χ2n) is 7.07. The maximum atomic E-state index is 11.4. The molecule has 0 aromatic rings. The smallest absolute Gasteiger partial charge is 0.0742 e. The molecular formula is C18H34O. The van der Waals surface area contributed by atoms with E-state index in [2.05, 4.69) is 34.3 Å². The molecule has 112 valence electrons. The summed E-state index contributed by atoms with van der Waals surface area (Å²) in [7, 11) is 0. The Morgan fingerprint density at radius 2 is 2.00 bits per heavy atom. The van der Waals surface area contributed by atoms with Crippen molar-refractivity contribution in [1.29, 1.82) is 0 Å². The maximum absolute atomic E-state index is 11.4. The molecular weight excluding hydrogens is 232 g/mol. The second kappa shape index (κ2) is 7.47. The molecule has 1 aliphatic rings. The van der Waals surface area contributed by atoms with Gasteiger partial charge in [-0.3, -0.25) is 0 Å². The van der Waals surface area contributed by atoms with Crippen LogP contribution in [-0.2, 0) is 0 Å². The number of hydrogen-bond donors (Lipinski definition) is 1. The summed E-state index contributed by atoms with van der Waals surface area (Å²) in [6.45, 7) is 13.1. The molecule has 1 aliphatic carbocycles. The zero-order valence-electron chi connectivity index (χ0n) is 13.5. The van der Waals surface area contributed by atoms with E-state index in [9.17, 15) is 5.11 Å². The first-order chi connectivity index (χ1) is 8.95. The van der Waals surface area contributed by atoms with Gasteiger partial charge < -0.3 is 5.11 Å². The molecule has 1 fully saturated rings.